The summed E-state index contributed by atoms with van der Waals surface area (Å²) in [6.45, 7) is 2.09. The fraction of sp³-hybridized carbons (Fsp3) is 0.400. The Kier molecular flexibility index (Phi) is 4.32. The predicted octanol–water partition coefficient (Wildman–Crippen LogP) is 2.62. The molecule has 1 heterocycles. The first kappa shape index (κ1) is 13.7. The van der Waals surface area contributed by atoms with E-state index in [-0.39, 0.29) is 11.9 Å². The number of hydrogen-bond donors (Lipinski definition) is 1. The van der Waals surface area contributed by atoms with E-state index in [4.69, 9.17) is 0 Å². The number of aryl methyl sites for hydroxylation is 2. The van der Waals surface area contributed by atoms with E-state index in [9.17, 15) is 4.39 Å². The smallest absolute Gasteiger partial charge is 0.123 e. The van der Waals surface area contributed by atoms with Gasteiger partial charge in [0.1, 0.15) is 5.82 Å². The van der Waals surface area contributed by atoms with Gasteiger partial charge in [-0.05, 0) is 37.2 Å². The number of benzene rings is 1. The van der Waals surface area contributed by atoms with Gasteiger partial charge in [-0.3, -0.25) is 4.68 Å². The molecule has 1 atom stereocenters. The Bertz CT molecular complexity index is 548. The third kappa shape index (κ3) is 3.20. The number of hydrogen-bond acceptors (Lipinski definition) is 2. The van der Waals surface area contributed by atoms with Crippen LogP contribution in [0, 0.1) is 5.82 Å². The number of halogens is 1. The maximum atomic E-state index is 13.3. The van der Waals surface area contributed by atoms with Crippen LogP contribution >= 0.6 is 0 Å². The van der Waals surface area contributed by atoms with Gasteiger partial charge in [0.2, 0.25) is 0 Å². The van der Waals surface area contributed by atoms with Crippen molar-refractivity contribution in [3.63, 3.8) is 0 Å². The average Bonchev–Trinajstić information content (AvgIpc) is 2.76. The highest BCUT2D eigenvalue weighted by Gasteiger charge is 2.14. The molecule has 3 nitrogen and oxygen atoms in total. The largest absolute Gasteiger partial charge is 0.313 e. The number of rotatable bonds is 5. The normalized spacial score (nSPS) is 12.6. The maximum absolute atomic E-state index is 13.3. The molecule has 0 radical (unpaired) electrons. The van der Waals surface area contributed by atoms with E-state index in [1.807, 2.05) is 24.8 Å². The SMILES string of the molecule is CCc1cc(CC(NC)c2cccc(F)c2)n(C)n1. The van der Waals surface area contributed by atoms with E-state index in [0.717, 1.165) is 29.8 Å². The zero-order valence-corrected chi connectivity index (χ0v) is 11.7. The molecule has 0 bridgehead atoms. The quantitative estimate of drug-likeness (QED) is 0.896. The van der Waals surface area contributed by atoms with Crippen LogP contribution in [0.15, 0.2) is 30.3 Å². The molecule has 0 aliphatic rings. The first-order valence-electron chi connectivity index (χ1n) is 6.58. The molecule has 4 heteroatoms. The number of nitrogens with zero attached hydrogens (tertiary/aromatic N) is 2. The molecule has 1 N–H and O–H groups in total. The van der Waals surface area contributed by atoms with Gasteiger partial charge in [0.05, 0.1) is 5.69 Å². The summed E-state index contributed by atoms with van der Waals surface area (Å²) in [6.07, 6.45) is 1.72. The van der Waals surface area contributed by atoms with Crippen LogP contribution in [0.1, 0.15) is 29.9 Å². The second-order valence-corrected chi connectivity index (χ2v) is 4.70. The molecule has 1 unspecified atom stereocenters. The van der Waals surface area contributed by atoms with Crippen molar-refractivity contribution < 1.29 is 4.39 Å². The van der Waals surface area contributed by atoms with Gasteiger partial charge in [0.15, 0.2) is 0 Å². The van der Waals surface area contributed by atoms with Gasteiger partial charge in [-0.15, -0.1) is 0 Å². The Morgan fingerprint density at radius 2 is 2.16 bits per heavy atom. The van der Waals surface area contributed by atoms with Gasteiger partial charge in [-0.1, -0.05) is 19.1 Å². The van der Waals surface area contributed by atoms with E-state index in [2.05, 4.69) is 23.4 Å². The molecule has 0 spiro atoms. The predicted molar refractivity (Wildman–Crippen MR) is 74.5 cm³/mol. The highest BCUT2D eigenvalue weighted by Crippen LogP contribution is 2.19. The van der Waals surface area contributed by atoms with Gasteiger partial charge in [-0.25, -0.2) is 4.39 Å². The van der Waals surface area contributed by atoms with Crippen molar-refractivity contribution in [1.29, 1.82) is 0 Å². The Labute approximate surface area is 113 Å². The zero-order valence-electron chi connectivity index (χ0n) is 11.7. The lowest BCUT2D eigenvalue weighted by atomic mass is 10.0. The second-order valence-electron chi connectivity index (χ2n) is 4.70. The van der Waals surface area contributed by atoms with Crippen LogP contribution in [0.25, 0.3) is 0 Å². The van der Waals surface area contributed by atoms with Gasteiger partial charge in [-0.2, -0.15) is 5.10 Å². The molecule has 102 valence electrons. The highest BCUT2D eigenvalue weighted by molar-refractivity contribution is 5.23. The van der Waals surface area contributed by atoms with E-state index < -0.39 is 0 Å². The Morgan fingerprint density at radius 3 is 2.74 bits per heavy atom. The van der Waals surface area contributed by atoms with Gasteiger partial charge in [0, 0.05) is 25.2 Å². The zero-order chi connectivity index (χ0) is 13.8. The first-order valence-corrected chi connectivity index (χ1v) is 6.58. The molecule has 0 aliphatic heterocycles. The molecule has 19 heavy (non-hydrogen) atoms. The summed E-state index contributed by atoms with van der Waals surface area (Å²) in [4.78, 5) is 0. The Hall–Kier alpha value is -1.68. The van der Waals surface area contributed by atoms with Crippen molar-refractivity contribution in [3.8, 4) is 0 Å². The summed E-state index contributed by atoms with van der Waals surface area (Å²) in [5.74, 6) is -0.197. The molecular weight excluding hydrogens is 241 g/mol. The topological polar surface area (TPSA) is 29.9 Å². The molecular formula is C15H20FN3. The Balaban J connectivity index is 2.21. The lowest BCUT2D eigenvalue weighted by Gasteiger charge is -2.16. The van der Waals surface area contributed by atoms with Gasteiger partial charge >= 0.3 is 0 Å². The fourth-order valence-electron chi connectivity index (χ4n) is 2.25. The Morgan fingerprint density at radius 1 is 1.37 bits per heavy atom. The fourth-order valence-corrected chi connectivity index (χ4v) is 2.25. The van der Waals surface area contributed by atoms with Crippen molar-refractivity contribution in [3.05, 3.63) is 53.1 Å². The number of nitrogens with one attached hydrogen (secondary N) is 1. The summed E-state index contributed by atoms with van der Waals surface area (Å²) in [7, 11) is 3.85. The van der Waals surface area contributed by atoms with E-state index in [0.29, 0.717) is 0 Å². The second kappa shape index (κ2) is 5.97. The van der Waals surface area contributed by atoms with Gasteiger partial charge < -0.3 is 5.32 Å². The summed E-state index contributed by atoms with van der Waals surface area (Å²) >= 11 is 0. The van der Waals surface area contributed by atoms with Crippen LogP contribution in [0.3, 0.4) is 0 Å². The molecule has 0 saturated carbocycles. The molecule has 0 fully saturated rings. The lowest BCUT2D eigenvalue weighted by Crippen LogP contribution is -2.20. The van der Waals surface area contributed by atoms with Crippen LogP contribution < -0.4 is 5.32 Å². The molecule has 1 aromatic carbocycles. The molecule has 2 rings (SSSR count). The van der Waals surface area contributed by atoms with Crippen molar-refractivity contribution in [2.45, 2.75) is 25.8 Å². The van der Waals surface area contributed by atoms with Crippen molar-refractivity contribution in [1.82, 2.24) is 15.1 Å². The average molecular weight is 261 g/mol. The third-order valence-corrected chi connectivity index (χ3v) is 3.40. The van der Waals surface area contributed by atoms with E-state index in [1.165, 1.54) is 6.07 Å². The minimum Gasteiger partial charge on any atom is -0.313 e. The summed E-state index contributed by atoms with van der Waals surface area (Å²) in [5, 5.41) is 7.68. The van der Waals surface area contributed by atoms with E-state index in [1.54, 1.807) is 12.1 Å². The standard InChI is InChI=1S/C15H20FN3/c1-4-13-9-14(19(3)18-13)10-15(17-2)11-6-5-7-12(16)8-11/h5-9,15,17H,4,10H2,1-3H3. The van der Waals surface area contributed by atoms with Gasteiger partial charge in [0.25, 0.3) is 0 Å². The minimum atomic E-state index is -0.197. The van der Waals surface area contributed by atoms with Crippen molar-refractivity contribution >= 4 is 0 Å². The molecule has 0 aliphatic carbocycles. The van der Waals surface area contributed by atoms with Crippen LogP contribution in [-0.2, 0) is 19.9 Å². The van der Waals surface area contributed by atoms with Crippen LogP contribution in [0.5, 0.6) is 0 Å². The van der Waals surface area contributed by atoms with E-state index >= 15 is 0 Å². The number of aromatic nitrogens is 2. The maximum Gasteiger partial charge on any atom is 0.123 e. The molecule has 0 saturated heterocycles. The van der Waals surface area contributed by atoms with Crippen LogP contribution in [0.4, 0.5) is 4.39 Å². The minimum absolute atomic E-state index is 0.0933. The van der Waals surface area contributed by atoms with Crippen molar-refractivity contribution in [2.24, 2.45) is 7.05 Å². The summed E-state index contributed by atoms with van der Waals surface area (Å²) in [6, 6.07) is 8.95. The summed E-state index contributed by atoms with van der Waals surface area (Å²) < 4.78 is 15.2. The first-order chi connectivity index (χ1) is 9.13. The number of likely N-dealkylation sites (N-methyl/N-ethyl adjacent to an activating group) is 1. The monoisotopic (exact) mass is 261 g/mol. The van der Waals surface area contributed by atoms with Crippen molar-refractivity contribution in [2.75, 3.05) is 7.05 Å². The molecule has 0 amide bonds. The van der Waals surface area contributed by atoms with Crippen LogP contribution in [0.2, 0.25) is 0 Å². The molecule has 2 aromatic rings. The van der Waals surface area contributed by atoms with Crippen LogP contribution in [-0.4, -0.2) is 16.8 Å². The lowest BCUT2D eigenvalue weighted by molar-refractivity contribution is 0.553. The third-order valence-electron chi connectivity index (χ3n) is 3.40. The highest BCUT2D eigenvalue weighted by atomic mass is 19.1. The summed E-state index contributed by atoms with van der Waals surface area (Å²) in [5.41, 5.74) is 3.20. The molecule has 1 aromatic heterocycles.